The molecule has 1 unspecified atom stereocenters. The Labute approximate surface area is 79.4 Å². The second-order valence-electron chi connectivity index (χ2n) is 3.50. The summed E-state index contributed by atoms with van der Waals surface area (Å²) in [6.07, 6.45) is 3.78. The molecule has 0 fully saturated rings. The van der Waals surface area contributed by atoms with E-state index in [0.29, 0.717) is 5.92 Å². The lowest BCUT2D eigenvalue weighted by Crippen LogP contribution is -2.17. The van der Waals surface area contributed by atoms with Crippen LogP contribution in [-0.2, 0) is 13.5 Å². The van der Waals surface area contributed by atoms with Crippen molar-refractivity contribution in [2.75, 3.05) is 13.6 Å². The van der Waals surface area contributed by atoms with E-state index in [1.54, 1.807) is 6.33 Å². The van der Waals surface area contributed by atoms with Crippen molar-refractivity contribution in [3.05, 3.63) is 12.2 Å². The third-order valence-electron chi connectivity index (χ3n) is 2.22. The number of hydrogen-bond donors (Lipinski definition) is 1. The second-order valence-corrected chi connectivity index (χ2v) is 3.50. The van der Waals surface area contributed by atoms with Gasteiger partial charge in [-0.2, -0.15) is 5.10 Å². The Morgan fingerprint density at radius 3 is 2.92 bits per heavy atom. The number of aromatic nitrogens is 3. The molecule has 0 amide bonds. The minimum absolute atomic E-state index is 0.696. The Balaban J connectivity index is 2.30. The number of aryl methyl sites for hydroxylation is 2. The first kappa shape index (κ1) is 10.2. The van der Waals surface area contributed by atoms with Gasteiger partial charge in [-0.05, 0) is 25.9 Å². The number of nitrogens with zero attached hydrogens (tertiary/aromatic N) is 3. The minimum atomic E-state index is 0.696. The van der Waals surface area contributed by atoms with Crippen molar-refractivity contribution < 1.29 is 0 Å². The summed E-state index contributed by atoms with van der Waals surface area (Å²) in [5, 5.41) is 7.20. The molecule has 0 bridgehead atoms. The van der Waals surface area contributed by atoms with E-state index in [-0.39, 0.29) is 0 Å². The van der Waals surface area contributed by atoms with E-state index in [1.165, 1.54) is 0 Å². The van der Waals surface area contributed by atoms with Gasteiger partial charge in [0.05, 0.1) is 0 Å². The quantitative estimate of drug-likeness (QED) is 0.725. The Kier molecular flexibility index (Phi) is 3.89. The fourth-order valence-electron chi connectivity index (χ4n) is 1.37. The lowest BCUT2D eigenvalue weighted by Gasteiger charge is -2.09. The maximum Gasteiger partial charge on any atom is 0.138 e. The summed E-state index contributed by atoms with van der Waals surface area (Å²) in [5.41, 5.74) is 0. The van der Waals surface area contributed by atoms with Gasteiger partial charge in [-0.3, -0.25) is 4.68 Å². The predicted molar refractivity (Wildman–Crippen MR) is 52.4 cm³/mol. The van der Waals surface area contributed by atoms with Crippen LogP contribution in [0.5, 0.6) is 0 Å². The van der Waals surface area contributed by atoms with Gasteiger partial charge in [0, 0.05) is 13.5 Å². The summed E-state index contributed by atoms with van der Waals surface area (Å²) >= 11 is 0. The lowest BCUT2D eigenvalue weighted by molar-refractivity contribution is 0.492. The molecule has 0 spiro atoms. The number of nitrogens with one attached hydrogen (secondary N) is 1. The summed E-state index contributed by atoms with van der Waals surface area (Å²) in [5.74, 6) is 1.77. The molecule has 0 saturated heterocycles. The van der Waals surface area contributed by atoms with Gasteiger partial charge in [0.1, 0.15) is 12.2 Å². The van der Waals surface area contributed by atoms with Gasteiger partial charge < -0.3 is 5.32 Å². The highest BCUT2D eigenvalue weighted by molar-refractivity contribution is 4.83. The Morgan fingerprint density at radius 2 is 2.38 bits per heavy atom. The third kappa shape index (κ3) is 3.14. The van der Waals surface area contributed by atoms with Crippen molar-refractivity contribution >= 4 is 0 Å². The second kappa shape index (κ2) is 4.97. The number of rotatable bonds is 5. The van der Waals surface area contributed by atoms with Crippen molar-refractivity contribution in [1.82, 2.24) is 20.1 Å². The summed E-state index contributed by atoms with van der Waals surface area (Å²) < 4.78 is 1.84. The van der Waals surface area contributed by atoms with E-state index in [1.807, 2.05) is 18.8 Å². The Hall–Kier alpha value is -0.900. The molecule has 1 aromatic rings. The fourth-order valence-corrected chi connectivity index (χ4v) is 1.37. The molecule has 0 radical (unpaired) electrons. The van der Waals surface area contributed by atoms with Crippen LogP contribution in [0.15, 0.2) is 6.33 Å². The molecule has 1 heterocycles. The molecule has 0 aliphatic heterocycles. The van der Waals surface area contributed by atoms with Gasteiger partial charge in [0.15, 0.2) is 0 Å². The third-order valence-corrected chi connectivity index (χ3v) is 2.22. The minimum Gasteiger partial charge on any atom is -0.319 e. The summed E-state index contributed by atoms with van der Waals surface area (Å²) in [7, 11) is 3.92. The SMILES string of the molecule is CNCC(C)CCc1ncnn1C. The molecule has 74 valence electrons. The fraction of sp³-hybridized carbons (Fsp3) is 0.778. The van der Waals surface area contributed by atoms with Gasteiger partial charge in [-0.1, -0.05) is 6.92 Å². The van der Waals surface area contributed by atoms with Gasteiger partial charge in [-0.25, -0.2) is 4.98 Å². The topological polar surface area (TPSA) is 42.7 Å². The Morgan fingerprint density at radius 1 is 1.62 bits per heavy atom. The summed E-state index contributed by atoms with van der Waals surface area (Å²) in [6.45, 7) is 3.31. The summed E-state index contributed by atoms with van der Waals surface area (Å²) in [6, 6.07) is 0. The van der Waals surface area contributed by atoms with Crippen molar-refractivity contribution in [3.63, 3.8) is 0 Å². The van der Waals surface area contributed by atoms with Crippen LogP contribution in [0.3, 0.4) is 0 Å². The largest absolute Gasteiger partial charge is 0.319 e. The first-order chi connectivity index (χ1) is 6.24. The van der Waals surface area contributed by atoms with Crippen LogP contribution in [0.25, 0.3) is 0 Å². The van der Waals surface area contributed by atoms with Crippen molar-refractivity contribution in [2.24, 2.45) is 13.0 Å². The van der Waals surface area contributed by atoms with E-state index in [0.717, 1.165) is 25.2 Å². The zero-order valence-corrected chi connectivity index (χ0v) is 8.62. The molecular weight excluding hydrogens is 164 g/mol. The highest BCUT2D eigenvalue weighted by Gasteiger charge is 2.04. The molecule has 0 aromatic carbocycles. The van der Waals surface area contributed by atoms with Crippen LogP contribution in [-0.4, -0.2) is 28.4 Å². The van der Waals surface area contributed by atoms with Crippen molar-refractivity contribution in [3.8, 4) is 0 Å². The summed E-state index contributed by atoms with van der Waals surface area (Å²) in [4.78, 5) is 4.18. The molecule has 4 nitrogen and oxygen atoms in total. The molecular formula is C9H18N4. The van der Waals surface area contributed by atoms with Gasteiger partial charge in [0.25, 0.3) is 0 Å². The smallest absolute Gasteiger partial charge is 0.138 e. The normalized spacial score (nSPS) is 13.2. The van der Waals surface area contributed by atoms with E-state index >= 15 is 0 Å². The number of hydrogen-bond acceptors (Lipinski definition) is 3. The van der Waals surface area contributed by atoms with Crippen LogP contribution >= 0.6 is 0 Å². The molecule has 4 heteroatoms. The first-order valence-electron chi connectivity index (χ1n) is 4.71. The van der Waals surface area contributed by atoms with E-state index < -0.39 is 0 Å². The van der Waals surface area contributed by atoms with E-state index in [9.17, 15) is 0 Å². The molecule has 0 aliphatic carbocycles. The molecule has 0 saturated carbocycles. The zero-order chi connectivity index (χ0) is 9.68. The molecule has 0 aliphatic rings. The van der Waals surface area contributed by atoms with Crippen LogP contribution in [0.1, 0.15) is 19.2 Å². The van der Waals surface area contributed by atoms with E-state index in [4.69, 9.17) is 0 Å². The monoisotopic (exact) mass is 182 g/mol. The van der Waals surface area contributed by atoms with E-state index in [2.05, 4.69) is 22.3 Å². The molecule has 13 heavy (non-hydrogen) atoms. The highest BCUT2D eigenvalue weighted by Crippen LogP contribution is 2.05. The average molecular weight is 182 g/mol. The highest BCUT2D eigenvalue weighted by atomic mass is 15.3. The Bertz CT molecular complexity index is 244. The molecule has 1 atom stereocenters. The van der Waals surface area contributed by atoms with Gasteiger partial charge in [0.2, 0.25) is 0 Å². The average Bonchev–Trinajstić information content (AvgIpc) is 2.48. The van der Waals surface area contributed by atoms with Gasteiger partial charge in [-0.15, -0.1) is 0 Å². The zero-order valence-electron chi connectivity index (χ0n) is 8.62. The van der Waals surface area contributed by atoms with Crippen LogP contribution < -0.4 is 5.32 Å². The van der Waals surface area contributed by atoms with Crippen molar-refractivity contribution in [1.29, 1.82) is 0 Å². The first-order valence-corrected chi connectivity index (χ1v) is 4.71. The van der Waals surface area contributed by atoms with Crippen molar-refractivity contribution in [2.45, 2.75) is 19.8 Å². The lowest BCUT2D eigenvalue weighted by atomic mass is 10.1. The molecule has 1 aromatic heterocycles. The van der Waals surface area contributed by atoms with Crippen LogP contribution in [0.2, 0.25) is 0 Å². The molecule has 1 N–H and O–H groups in total. The maximum atomic E-state index is 4.18. The van der Waals surface area contributed by atoms with Crippen LogP contribution in [0, 0.1) is 5.92 Å². The molecule has 1 rings (SSSR count). The van der Waals surface area contributed by atoms with Crippen LogP contribution in [0.4, 0.5) is 0 Å². The predicted octanol–water partition coefficient (Wildman–Crippen LogP) is 0.603. The maximum absolute atomic E-state index is 4.18. The standard InChI is InChI=1S/C9H18N4/c1-8(6-10-2)4-5-9-11-7-12-13(9)3/h7-8,10H,4-6H2,1-3H3. The van der Waals surface area contributed by atoms with Gasteiger partial charge >= 0.3 is 0 Å².